The number of hydrogen-bond donors (Lipinski definition) is 1. The third-order valence-corrected chi connectivity index (χ3v) is 15.7. The van der Waals surface area contributed by atoms with Crippen LogP contribution in [0.5, 0.6) is 0 Å². The topological polar surface area (TPSA) is 28.4 Å². The Morgan fingerprint density at radius 3 is 2.06 bits per heavy atom. The van der Waals surface area contributed by atoms with E-state index in [0.717, 1.165) is 36.3 Å². The molecule has 2 fully saturated rings. The van der Waals surface area contributed by atoms with E-state index in [0.29, 0.717) is 11.8 Å². The molecule has 0 bridgehead atoms. The average molecular weight is 888 g/mol. The van der Waals surface area contributed by atoms with Crippen molar-refractivity contribution in [3.8, 4) is 0 Å². The predicted octanol–water partition coefficient (Wildman–Crippen LogP) is 16.8. The third kappa shape index (κ3) is 12.6. The van der Waals surface area contributed by atoms with Crippen LogP contribution in [0.1, 0.15) is 167 Å². The fourth-order valence-corrected chi connectivity index (χ4v) is 10.6. The molecule has 2 saturated carbocycles. The molecule has 1 heterocycles. The van der Waals surface area contributed by atoms with Crippen molar-refractivity contribution in [2.45, 2.75) is 167 Å². The first kappa shape index (κ1) is 52.5. The van der Waals surface area contributed by atoms with Crippen LogP contribution in [0.4, 0.5) is 0 Å². The number of nitrogens with one attached hydrogen (secondary N) is 1. The first-order valence-corrected chi connectivity index (χ1v) is 25.2. The molecule has 355 valence electrons. The van der Waals surface area contributed by atoms with Crippen molar-refractivity contribution in [1.29, 1.82) is 0 Å². The van der Waals surface area contributed by atoms with Gasteiger partial charge in [0, 0.05) is 35.7 Å². The highest BCUT2D eigenvalue weighted by atomic mass is 16.3. The summed E-state index contributed by atoms with van der Waals surface area (Å²) in [5.74, 6) is 3.21. The molecule has 2 atom stereocenters. The van der Waals surface area contributed by atoms with Gasteiger partial charge in [-0.2, -0.15) is 0 Å². The van der Waals surface area contributed by atoms with Gasteiger partial charge in [-0.25, -0.2) is 0 Å². The molecule has 0 saturated heterocycles. The van der Waals surface area contributed by atoms with Gasteiger partial charge in [-0.1, -0.05) is 170 Å². The zero-order chi connectivity index (χ0) is 48.9. The molecule has 1 aromatic carbocycles. The van der Waals surface area contributed by atoms with Crippen LogP contribution in [0.2, 0.25) is 0 Å². The van der Waals surface area contributed by atoms with Gasteiger partial charge in [0.15, 0.2) is 0 Å². The summed E-state index contributed by atoms with van der Waals surface area (Å²) in [6.07, 6.45) is 36.0. The minimum atomic E-state index is 0.0117. The van der Waals surface area contributed by atoms with Crippen LogP contribution in [-0.4, -0.2) is 18.7 Å². The Morgan fingerprint density at radius 1 is 0.803 bits per heavy atom. The van der Waals surface area contributed by atoms with Gasteiger partial charge in [0.2, 0.25) is 7.28 Å². The fourth-order valence-electron chi connectivity index (χ4n) is 10.6. The number of benzene rings is 1. The van der Waals surface area contributed by atoms with Gasteiger partial charge < -0.3 is 14.6 Å². The van der Waals surface area contributed by atoms with Gasteiger partial charge in [-0.05, 0) is 167 Å². The predicted molar refractivity (Wildman–Crippen MR) is 291 cm³/mol. The lowest BCUT2D eigenvalue weighted by Gasteiger charge is -2.45. The molecule has 3 nitrogen and oxygen atoms in total. The standard InChI is InChI=1S/C62H88BN2O/c1-19-22-23-26-47(57(6,7)8)27-24-36-64-48(25-20-2)29-37-65(38-30-52-51(21-3)59(11,12)32-33-60(52,13)14)49(41-50-44(4)28-31-58(9,10)45(50)5)43-63-56-40-46-39-53-54(42-55(46)66-56)62(17,18)35-34-61(53,15)16/h19-27,29-30,36-37,39-40,42-44,50,64H,2,5,28,31-35,38,41H2,1,3-4,6-18H3/b22-19+,26-23+,36-24+,37-29+,47-27+,48-25+,49-43-,51-21+,52-30+. The van der Waals surface area contributed by atoms with Crippen LogP contribution >= 0.6 is 0 Å². The molecule has 1 aromatic heterocycles. The normalized spacial score (nSPS) is 24.6. The molecule has 0 spiro atoms. The van der Waals surface area contributed by atoms with E-state index in [9.17, 15) is 0 Å². The van der Waals surface area contributed by atoms with Gasteiger partial charge in [0.25, 0.3) is 0 Å². The second kappa shape index (κ2) is 20.8. The van der Waals surface area contributed by atoms with Crippen molar-refractivity contribution in [2.24, 2.45) is 33.5 Å². The smallest absolute Gasteiger partial charge is 0.233 e. The van der Waals surface area contributed by atoms with Crippen LogP contribution in [0, 0.1) is 33.5 Å². The molecule has 4 heteroatoms. The minimum absolute atomic E-state index is 0.0117. The maximum Gasteiger partial charge on any atom is 0.233 e. The van der Waals surface area contributed by atoms with E-state index in [1.807, 2.05) is 25.3 Å². The lowest BCUT2D eigenvalue weighted by Crippen LogP contribution is -2.34. The summed E-state index contributed by atoms with van der Waals surface area (Å²) in [5, 5.41) is 4.76. The second-order valence-electron chi connectivity index (χ2n) is 24.1. The number of hydrogen-bond acceptors (Lipinski definition) is 3. The average Bonchev–Trinajstić information content (AvgIpc) is 3.64. The van der Waals surface area contributed by atoms with Gasteiger partial charge in [0.05, 0.1) is 5.66 Å². The van der Waals surface area contributed by atoms with E-state index in [1.165, 1.54) is 76.6 Å². The molecule has 0 aliphatic heterocycles. The lowest BCUT2D eigenvalue weighted by molar-refractivity contribution is 0.208. The van der Waals surface area contributed by atoms with Crippen molar-refractivity contribution >= 4 is 23.9 Å². The Morgan fingerprint density at radius 2 is 1.44 bits per heavy atom. The Hall–Kier alpha value is -4.44. The summed E-state index contributed by atoms with van der Waals surface area (Å²) in [6, 6.07) is 7.00. The van der Waals surface area contributed by atoms with Gasteiger partial charge in [-0.15, -0.1) is 0 Å². The van der Waals surface area contributed by atoms with Crippen molar-refractivity contribution < 1.29 is 4.42 Å². The minimum Gasteiger partial charge on any atom is -0.472 e. The fraction of sp³-hybridized carbons (Fsp3) is 0.516. The molecule has 2 unspecified atom stereocenters. The summed E-state index contributed by atoms with van der Waals surface area (Å²) in [7, 11) is 2.22. The molecule has 0 amide bonds. The summed E-state index contributed by atoms with van der Waals surface area (Å²) >= 11 is 0. The molecule has 2 aromatic rings. The Bertz CT molecular complexity index is 2310. The monoisotopic (exact) mass is 888 g/mol. The molecular formula is C62H88BN2O. The van der Waals surface area contributed by atoms with Crippen LogP contribution < -0.4 is 11.0 Å². The first-order chi connectivity index (χ1) is 30.8. The van der Waals surface area contributed by atoms with Crippen molar-refractivity contribution in [3.63, 3.8) is 0 Å². The molecule has 1 N–H and O–H groups in total. The van der Waals surface area contributed by atoms with Gasteiger partial charge in [-0.3, -0.25) is 0 Å². The van der Waals surface area contributed by atoms with E-state index in [2.05, 4.69) is 213 Å². The quantitative estimate of drug-likeness (QED) is 0.110. The van der Waals surface area contributed by atoms with Crippen molar-refractivity contribution in [1.82, 2.24) is 10.2 Å². The maximum absolute atomic E-state index is 6.75. The highest BCUT2D eigenvalue weighted by Crippen LogP contribution is 2.52. The van der Waals surface area contributed by atoms with E-state index in [1.54, 1.807) is 0 Å². The Balaban J connectivity index is 1.63. The van der Waals surface area contributed by atoms with Gasteiger partial charge >= 0.3 is 0 Å². The number of nitrogens with zero attached hydrogens (tertiary/aromatic N) is 1. The summed E-state index contributed by atoms with van der Waals surface area (Å²) < 4.78 is 6.75. The van der Waals surface area contributed by atoms with Crippen LogP contribution in [0.15, 0.2) is 155 Å². The Labute approximate surface area is 404 Å². The molecule has 1 radical (unpaired) electrons. The van der Waals surface area contributed by atoms with E-state index >= 15 is 0 Å². The molecule has 3 aliphatic carbocycles. The van der Waals surface area contributed by atoms with Crippen LogP contribution in [0.3, 0.4) is 0 Å². The Kier molecular flexibility index (Phi) is 16.6. The number of allylic oxidation sites excluding steroid dienone is 15. The van der Waals surface area contributed by atoms with E-state index < -0.39 is 0 Å². The number of furan rings is 1. The van der Waals surface area contributed by atoms with Crippen molar-refractivity contribution in [2.75, 3.05) is 6.54 Å². The zero-order valence-corrected chi connectivity index (χ0v) is 44.5. The SMILES string of the molecule is C=C/C=C(\C=C\N(C/C=C1\C(=C/C)C(C)(C)CCC1(C)C)/C(=C\[B]c1cc2cc3c(cc2o1)C(C)(C)CCC3(C)C)CC1C(=C)C(C)(C)CCC1C)N/C=C/C=C(\C=C\C=C\C)C(C)(C)C. The maximum atomic E-state index is 6.75. The van der Waals surface area contributed by atoms with E-state index in [-0.39, 0.29) is 32.5 Å². The van der Waals surface area contributed by atoms with Gasteiger partial charge in [0.1, 0.15) is 5.58 Å². The van der Waals surface area contributed by atoms with E-state index in [4.69, 9.17) is 11.0 Å². The third-order valence-electron chi connectivity index (χ3n) is 15.7. The largest absolute Gasteiger partial charge is 0.472 e. The molecule has 3 aliphatic rings. The lowest BCUT2D eigenvalue weighted by atomic mass is 9.60. The molecule has 5 rings (SSSR count). The van der Waals surface area contributed by atoms with Crippen LogP contribution in [-0.2, 0) is 10.8 Å². The summed E-state index contributed by atoms with van der Waals surface area (Å²) in [4.78, 5) is 2.48. The highest BCUT2D eigenvalue weighted by Gasteiger charge is 2.41. The summed E-state index contributed by atoms with van der Waals surface area (Å²) in [6.45, 7) is 47.1. The highest BCUT2D eigenvalue weighted by molar-refractivity contribution is 6.57. The zero-order valence-electron chi connectivity index (χ0n) is 44.5. The second-order valence-corrected chi connectivity index (χ2v) is 24.1. The van der Waals surface area contributed by atoms with Crippen LogP contribution in [0.25, 0.3) is 11.0 Å². The molecule has 66 heavy (non-hydrogen) atoms. The summed E-state index contributed by atoms with van der Waals surface area (Å²) in [5.41, 5.74) is 13.0. The van der Waals surface area contributed by atoms with Crippen molar-refractivity contribution in [3.05, 3.63) is 161 Å². The molecular weight excluding hydrogens is 800 g/mol. The number of rotatable bonds is 15. The number of fused-ring (bicyclic) bond motifs is 2. The first-order valence-electron chi connectivity index (χ1n) is 25.2.